The Morgan fingerprint density at radius 3 is 2.46 bits per heavy atom. The first-order valence-corrected chi connectivity index (χ1v) is 13.8. The summed E-state index contributed by atoms with van der Waals surface area (Å²) in [6.07, 6.45) is 7.18. The lowest BCUT2D eigenvalue weighted by Crippen LogP contribution is -2.56. The van der Waals surface area contributed by atoms with Gasteiger partial charge in [-0.1, -0.05) is 44.2 Å². The summed E-state index contributed by atoms with van der Waals surface area (Å²) in [4.78, 5) is 25.7. The van der Waals surface area contributed by atoms with Gasteiger partial charge >= 0.3 is 0 Å². The SMILES string of the molecule is C#CC[C@H](NC(=O)[C@@H]1CCCN1)C(=O)N[C@@H](Cc1ccccc1)[C@H](O)CN(CC(C)C)S(C)(=O)=O. The molecule has 0 radical (unpaired) electrons. The fraction of sp³-hybridized carbons (Fsp3) is 0.600. The third-order valence-corrected chi connectivity index (χ3v) is 7.09. The van der Waals surface area contributed by atoms with Crippen LogP contribution in [0.5, 0.6) is 0 Å². The lowest BCUT2D eigenvalue weighted by molar-refractivity contribution is -0.130. The van der Waals surface area contributed by atoms with Crippen molar-refractivity contribution in [2.24, 2.45) is 5.92 Å². The van der Waals surface area contributed by atoms with Crippen molar-refractivity contribution in [2.75, 3.05) is 25.9 Å². The van der Waals surface area contributed by atoms with Crippen molar-refractivity contribution in [3.8, 4) is 12.3 Å². The maximum absolute atomic E-state index is 13.2. The van der Waals surface area contributed by atoms with Crippen molar-refractivity contribution in [3.63, 3.8) is 0 Å². The van der Waals surface area contributed by atoms with Crippen LogP contribution in [0.2, 0.25) is 0 Å². The molecule has 194 valence electrons. The molecule has 0 bridgehead atoms. The number of terminal acetylenes is 1. The van der Waals surface area contributed by atoms with E-state index in [1.807, 2.05) is 44.2 Å². The molecule has 1 aromatic rings. The average Bonchev–Trinajstić information content (AvgIpc) is 3.32. The molecule has 0 spiro atoms. The molecular formula is C25H38N4O5S. The van der Waals surface area contributed by atoms with Crippen molar-refractivity contribution >= 4 is 21.8 Å². The zero-order chi connectivity index (χ0) is 26.0. The number of nitrogens with one attached hydrogen (secondary N) is 3. The molecule has 0 aromatic heterocycles. The second-order valence-corrected chi connectivity index (χ2v) is 11.4. The molecule has 2 rings (SSSR count). The Balaban J connectivity index is 2.20. The Morgan fingerprint density at radius 1 is 1.23 bits per heavy atom. The second kappa shape index (κ2) is 13.6. The number of aliphatic hydroxyl groups is 1. The van der Waals surface area contributed by atoms with Gasteiger partial charge in [0.25, 0.3) is 0 Å². The van der Waals surface area contributed by atoms with Gasteiger partial charge in [0.1, 0.15) is 6.04 Å². The van der Waals surface area contributed by atoms with Gasteiger partial charge in [-0.15, -0.1) is 12.3 Å². The van der Waals surface area contributed by atoms with Crippen LogP contribution in [0.25, 0.3) is 0 Å². The topological polar surface area (TPSA) is 128 Å². The fourth-order valence-electron chi connectivity index (χ4n) is 4.03. The van der Waals surface area contributed by atoms with Crippen LogP contribution in [0.4, 0.5) is 0 Å². The van der Waals surface area contributed by atoms with Crippen LogP contribution in [-0.4, -0.2) is 79.8 Å². The normalized spacial score (nSPS) is 18.6. The summed E-state index contributed by atoms with van der Waals surface area (Å²) in [6, 6.07) is 7.13. The van der Waals surface area contributed by atoms with Gasteiger partial charge < -0.3 is 21.1 Å². The highest BCUT2D eigenvalue weighted by Gasteiger charge is 2.31. The van der Waals surface area contributed by atoms with Crippen LogP contribution in [0.3, 0.4) is 0 Å². The molecule has 9 nitrogen and oxygen atoms in total. The molecule has 2 amide bonds. The van der Waals surface area contributed by atoms with E-state index in [0.717, 1.165) is 24.8 Å². The molecule has 1 aliphatic heterocycles. The highest BCUT2D eigenvalue weighted by atomic mass is 32.2. The van der Waals surface area contributed by atoms with E-state index in [0.29, 0.717) is 6.42 Å². The molecule has 0 aliphatic carbocycles. The monoisotopic (exact) mass is 506 g/mol. The van der Waals surface area contributed by atoms with Gasteiger partial charge in [-0.25, -0.2) is 8.42 Å². The Morgan fingerprint density at radius 2 is 1.91 bits per heavy atom. The van der Waals surface area contributed by atoms with Gasteiger partial charge in [0.2, 0.25) is 21.8 Å². The molecule has 0 unspecified atom stereocenters. The quantitative estimate of drug-likeness (QED) is 0.284. The predicted molar refractivity (Wildman–Crippen MR) is 136 cm³/mol. The number of carbonyl (C=O) groups is 2. The minimum atomic E-state index is -3.57. The van der Waals surface area contributed by atoms with E-state index in [2.05, 4.69) is 21.9 Å². The van der Waals surface area contributed by atoms with E-state index in [1.165, 1.54) is 4.31 Å². The molecule has 1 aliphatic rings. The first kappa shape index (κ1) is 28.8. The number of amides is 2. The number of carbonyl (C=O) groups excluding carboxylic acids is 2. The van der Waals surface area contributed by atoms with Crippen molar-refractivity contribution in [1.82, 2.24) is 20.3 Å². The van der Waals surface area contributed by atoms with Crippen LogP contribution in [0, 0.1) is 18.3 Å². The van der Waals surface area contributed by atoms with E-state index in [9.17, 15) is 23.1 Å². The predicted octanol–water partition coefficient (Wildman–Crippen LogP) is 0.253. The molecule has 1 heterocycles. The number of benzene rings is 1. The molecule has 1 aromatic carbocycles. The zero-order valence-electron chi connectivity index (χ0n) is 20.7. The molecule has 10 heteroatoms. The third kappa shape index (κ3) is 9.61. The van der Waals surface area contributed by atoms with Gasteiger partial charge in [0.05, 0.1) is 24.4 Å². The number of hydrogen-bond acceptors (Lipinski definition) is 6. The lowest BCUT2D eigenvalue weighted by atomic mass is 10.00. The van der Waals surface area contributed by atoms with Gasteiger partial charge in [0.15, 0.2) is 0 Å². The first-order valence-electron chi connectivity index (χ1n) is 12.0. The Bertz CT molecular complexity index is 971. The molecule has 1 fully saturated rings. The second-order valence-electron chi connectivity index (χ2n) is 9.46. The highest BCUT2D eigenvalue weighted by Crippen LogP contribution is 2.12. The average molecular weight is 507 g/mol. The maximum atomic E-state index is 13.2. The summed E-state index contributed by atoms with van der Waals surface area (Å²) >= 11 is 0. The van der Waals surface area contributed by atoms with Crippen LogP contribution < -0.4 is 16.0 Å². The van der Waals surface area contributed by atoms with Crippen LogP contribution in [0.1, 0.15) is 38.7 Å². The highest BCUT2D eigenvalue weighted by molar-refractivity contribution is 7.88. The van der Waals surface area contributed by atoms with Crippen LogP contribution >= 0.6 is 0 Å². The van der Waals surface area contributed by atoms with E-state index >= 15 is 0 Å². The zero-order valence-corrected chi connectivity index (χ0v) is 21.6. The minimum absolute atomic E-state index is 0.0126. The fourth-order valence-corrected chi connectivity index (χ4v) is 5.02. The summed E-state index contributed by atoms with van der Waals surface area (Å²) in [7, 11) is -3.57. The number of aliphatic hydroxyl groups excluding tert-OH is 1. The standard InChI is InChI=1S/C25H38N4O5S/c1-5-10-21(27-24(31)20-13-9-14-26-20)25(32)28-22(15-19-11-7-6-8-12-19)23(30)17-29(16-18(2)3)35(4,33)34/h1,6-8,11-12,18,20-23,26,30H,9-10,13-17H2,2-4H3,(H,27,31)(H,28,32)/t20-,21-,22-,23+/m0/s1. The lowest BCUT2D eigenvalue weighted by Gasteiger charge is -2.31. The summed E-state index contributed by atoms with van der Waals surface area (Å²) in [5, 5.41) is 19.7. The van der Waals surface area contributed by atoms with Crippen molar-refractivity contribution < 1.29 is 23.1 Å². The minimum Gasteiger partial charge on any atom is -0.390 e. The molecule has 35 heavy (non-hydrogen) atoms. The smallest absolute Gasteiger partial charge is 0.243 e. The Hall–Kier alpha value is -2.45. The number of sulfonamides is 1. The van der Waals surface area contributed by atoms with E-state index < -0.39 is 34.1 Å². The van der Waals surface area contributed by atoms with Crippen molar-refractivity contribution in [2.45, 2.75) is 63.8 Å². The van der Waals surface area contributed by atoms with E-state index in [4.69, 9.17) is 6.42 Å². The summed E-state index contributed by atoms with van der Waals surface area (Å²) < 4.78 is 25.8. The molecule has 4 atom stereocenters. The maximum Gasteiger partial charge on any atom is 0.243 e. The number of rotatable bonds is 13. The van der Waals surface area contributed by atoms with Crippen molar-refractivity contribution in [3.05, 3.63) is 35.9 Å². The van der Waals surface area contributed by atoms with E-state index in [1.54, 1.807) is 0 Å². The molecule has 4 N–H and O–H groups in total. The van der Waals surface area contributed by atoms with Gasteiger partial charge in [-0.3, -0.25) is 9.59 Å². The van der Waals surface area contributed by atoms with Crippen molar-refractivity contribution in [1.29, 1.82) is 0 Å². The molecular weight excluding hydrogens is 468 g/mol. The largest absolute Gasteiger partial charge is 0.390 e. The van der Waals surface area contributed by atoms with Crippen LogP contribution in [0.15, 0.2) is 30.3 Å². The Labute approximate surface area is 209 Å². The summed E-state index contributed by atoms with van der Waals surface area (Å²) in [5.74, 6) is 1.66. The Kier molecular flexibility index (Phi) is 11.2. The van der Waals surface area contributed by atoms with Crippen LogP contribution in [-0.2, 0) is 26.0 Å². The number of hydrogen-bond donors (Lipinski definition) is 4. The summed E-state index contributed by atoms with van der Waals surface area (Å²) in [5.41, 5.74) is 0.860. The summed E-state index contributed by atoms with van der Waals surface area (Å²) in [6.45, 7) is 4.59. The third-order valence-electron chi connectivity index (χ3n) is 5.85. The first-order chi connectivity index (χ1) is 16.5. The molecule has 0 saturated carbocycles. The number of nitrogens with zero attached hydrogens (tertiary/aromatic N) is 1. The van der Waals surface area contributed by atoms with Gasteiger partial charge in [-0.2, -0.15) is 4.31 Å². The van der Waals surface area contributed by atoms with Gasteiger partial charge in [-0.05, 0) is 37.3 Å². The van der Waals surface area contributed by atoms with Gasteiger partial charge in [0, 0.05) is 19.5 Å². The van der Waals surface area contributed by atoms with E-state index in [-0.39, 0.29) is 43.8 Å². The molecule has 1 saturated heterocycles.